The Morgan fingerprint density at radius 1 is 1.25 bits per heavy atom. The van der Waals surface area contributed by atoms with Gasteiger partial charge in [-0.3, -0.25) is 19.3 Å². The summed E-state index contributed by atoms with van der Waals surface area (Å²) in [6, 6.07) is -0.485. The van der Waals surface area contributed by atoms with Crippen LogP contribution in [0, 0.1) is 5.92 Å². The molecule has 1 aliphatic carbocycles. The highest BCUT2D eigenvalue weighted by Gasteiger charge is 2.42. The van der Waals surface area contributed by atoms with Crippen LogP contribution < -0.4 is 0 Å². The number of hydrogen-bond donors (Lipinski definition) is 1. The molecule has 1 saturated heterocycles. The van der Waals surface area contributed by atoms with Crippen molar-refractivity contribution in [1.82, 2.24) is 4.90 Å². The lowest BCUT2D eigenvalue weighted by Gasteiger charge is -2.32. The van der Waals surface area contributed by atoms with E-state index in [4.69, 9.17) is 9.84 Å². The summed E-state index contributed by atoms with van der Waals surface area (Å²) in [5.41, 5.74) is 0. The monoisotopic (exact) mass is 227 g/mol. The predicted molar refractivity (Wildman–Crippen MR) is 51.4 cm³/mol. The molecule has 1 N–H and O–H groups in total. The molecule has 88 valence electrons. The first-order valence-electron chi connectivity index (χ1n) is 5.26. The van der Waals surface area contributed by atoms with Crippen molar-refractivity contribution < 1.29 is 24.2 Å². The number of carbonyl (C=O) groups excluding carboxylic acids is 2. The van der Waals surface area contributed by atoms with E-state index in [1.807, 2.05) is 0 Å². The zero-order valence-corrected chi connectivity index (χ0v) is 8.72. The summed E-state index contributed by atoms with van der Waals surface area (Å²) in [5.74, 6) is -2.40. The average Bonchev–Trinajstić information content (AvgIpc) is 2.66. The van der Waals surface area contributed by atoms with E-state index in [1.54, 1.807) is 0 Å². The molecule has 2 rings (SSSR count). The van der Waals surface area contributed by atoms with Crippen LogP contribution in [-0.2, 0) is 19.1 Å². The summed E-state index contributed by atoms with van der Waals surface area (Å²) in [7, 11) is 0. The van der Waals surface area contributed by atoms with Crippen LogP contribution in [0.3, 0.4) is 0 Å². The van der Waals surface area contributed by atoms with Gasteiger partial charge in [-0.25, -0.2) is 0 Å². The quantitative estimate of drug-likeness (QED) is 0.650. The largest absolute Gasteiger partial charge is 0.481 e. The minimum atomic E-state index is -0.936. The smallest absolute Gasteiger partial charge is 0.308 e. The zero-order chi connectivity index (χ0) is 11.7. The first-order valence-corrected chi connectivity index (χ1v) is 5.26. The molecule has 0 aromatic carbocycles. The van der Waals surface area contributed by atoms with E-state index in [0.717, 1.165) is 11.3 Å². The summed E-state index contributed by atoms with van der Waals surface area (Å²) >= 11 is 0. The van der Waals surface area contributed by atoms with E-state index in [2.05, 4.69) is 0 Å². The number of ether oxygens (including phenoxy) is 1. The van der Waals surface area contributed by atoms with Crippen molar-refractivity contribution in [2.75, 3.05) is 13.2 Å². The molecule has 2 atom stereocenters. The van der Waals surface area contributed by atoms with Gasteiger partial charge in [-0.2, -0.15) is 0 Å². The van der Waals surface area contributed by atoms with E-state index in [9.17, 15) is 14.4 Å². The molecule has 2 amide bonds. The molecule has 2 unspecified atom stereocenters. The summed E-state index contributed by atoms with van der Waals surface area (Å²) in [6.07, 6.45) is 1.84. The number of carboxylic acid groups (broad SMARTS) is 1. The Morgan fingerprint density at radius 3 is 2.44 bits per heavy atom. The third-order valence-corrected chi connectivity index (χ3v) is 3.12. The number of hydrogen-bond acceptors (Lipinski definition) is 4. The molecule has 2 aliphatic rings. The molecule has 1 saturated carbocycles. The van der Waals surface area contributed by atoms with Gasteiger partial charge in [0.05, 0.1) is 12.0 Å². The maximum absolute atomic E-state index is 11.5. The van der Waals surface area contributed by atoms with Crippen LogP contribution in [0.4, 0.5) is 0 Å². The number of imide groups is 1. The van der Waals surface area contributed by atoms with E-state index in [1.165, 1.54) is 0 Å². The maximum Gasteiger partial charge on any atom is 0.308 e. The van der Waals surface area contributed by atoms with Crippen LogP contribution in [0.1, 0.15) is 19.3 Å². The van der Waals surface area contributed by atoms with Crippen molar-refractivity contribution >= 4 is 17.8 Å². The van der Waals surface area contributed by atoms with Crippen LogP contribution in [0.15, 0.2) is 0 Å². The lowest BCUT2D eigenvalue weighted by atomic mass is 10.0. The number of carboxylic acids is 1. The maximum atomic E-state index is 11.5. The number of amides is 2. The molecule has 0 spiro atoms. The van der Waals surface area contributed by atoms with Crippen LogP contribution in [-0.4, -0.2) is 47.0 Å². The normalized spacial score (nSPS) is 30.9. The number of nitrogens with zero attached hydrogens (tertiary/aromatic N) is 1. The van der Waals surface area contributed by atoms with Gasteiger partial charge >= 0.3 is 5.97 Å². The minimum Gasteiger partial charge on any atom is -0.481 e. The van der Waals surface area contributed by atoms with Crippen LogP contribution >= 0.6 is 0 Å². The van der Waals surface area contributed by atoms with E-state index >= 15 is 0 Å². The second-order valence-corrected chi connectivity index (χ2v) is 4.09. The fourth-order valence-corrected chi connectivity index (χ4v) is 2.41. The zero-order valence-electron chi connectivity index (χ0n) is 8.72. The topological polar surface area (TPSA) is 83.9 Å². The Balaban J connectivity index is 2.18. The lowest BCUT2D eigenvalue weighted by molar-refractivity contribution is -0.163. The SMILES string of the molecule is O=C(O)C1CCCC1N1C(=O)COCC1=O. The first kappa shape index (κ1) is 11.1. The van der Waals surface area contributed by atoms with Gasteiger partial charge in [0.15, 0.2) is 0 Å². The lowest BCUT2D eigenvalue weighted by Crippen LogP contribution is -2.53. The van der Waals surface area contributed by atoms with Gasteiger partial charge < -0.3 is 9.84 Å². The van der Waals surface area contributed by atoms with E-state index < -0.39 is 29.7 Å². The van der Waals surface area contributed by atoms with Crippen molar-refractivity contribution in [2.45, 2.75) is 25.3 Å². The average molecular weight is 227 g/mol. The van der Waals surface area contributed by atoms with E-state index in [0.29, 0.717) is 12.8 Å². The fraction of sp³-hybridized carbons (Fsp3) is 0.700. The molecule has 16 heavy (non-hydrogen) atoms. The Bertz CT molecular complexity index is 324. The van der Waals surface area contributed by atoms with Crippen molar-refractivity contribution in [3.63, 3.8) is 0 Å². The molecule has 0 aromatic rings. The number of aliphatic carboxylic acids is 1. The Labute approximate surface area is 92.2 Å². The summed E-state index contributed by atoms with van der Waals surface area (Å²) in [4.78, 5) is 35.2. The third-order valence-electron chi connectivity index (χ3n) is 3.12. The number of carbonyl (C=O) groups is 3. The molecule has 1 aliphatic heterocycles. The molecular weight excluding hydrogens is 214 g/mol. The first-order chi connectivity index (χ1) is 7.61. The molecule has 0 aromatic heterocycles. The van der Waals surface area contributed by atoms with Gasteiger partial charge in [-0.05, 0) is 12.8 Å². The molecule has 2 fully saturated rings. The van der Waals surface area contributed by atoms with Crippen LogP contribution in [0.25, 0.3) is 0 Å². The summed E-state index contributed by atoms with van der Waals surface area (Å²) < 4.78 is 4.79. The highest BCUT2D eigenvalue weighted by atomic mass is 16.5. The van der Waals surface area contributed by atoms with Crippen LogP contribution in [0.5, 0.6) is 0 Å². The molecule has 1 heterocycles. The summed E-state index contributed by atoms with van der Waals surface area (Å²) in [6.45, 7) is -0.261. The molecule has 0 bridgehead atoms. The third kappa shape index (κ3) is 1.80. The van der Waals surface area contributed by atoms with E-state index in [-0.39, 0.29) is 13.2 Å². The second kappa shape index (κ2) is 4.21. The molecule has 0 radical (unpaired) electrons. The number of rotatable bonds is 2. The Kier molecular flexibility index (Phi) is 2.91. The standard InChI is InChI=1S/C10H13NO5/c12-8-4-16-5-9(13)11(8)7-3-1-2-6(7)10(14)15/h6-7H,1-5H2,(H,14,15). The second-order valence-electron chi connectivity index (χ2n) is 4.09. The van der Waals surface area contributed by atoms with Crippen molar-refractivity contribution in [3.05, 3.63) is 0 Å². The molecular formula is C10H13NO5. The van der Waals surface area contributed by atoms with Gasteiger partial charge in [0.25, 0.3) is 11.8 Å². The molecule has 6 heteroatoms. The van der Waals surface area contributed by atoms with Crippen LogP contribution in [0.2, 0.25) is 0 Å². The van der Waals surface area contributed by atoms with Gasteiger partial charge in [0.2, 0.25) is 0 Å². The highest BCUT2D eigenvalue weighted by Crippen LogP contribution is 2.31. The van der Waals surface area contributed by atoms with Crippen molar-refractivity contribution in [2.24, 2.45) is 5.92 Å². The van der Waals surface area contributed by atoms with Crippen molar-refractivity contribution in [1.29, 1.82) is 0 Å². The van der Waals surface area contributed by atoms with Crippen molar-refractivity contribution in [3.8, 4) is 0 Å². The van der Waals surface area contributed by atoms with Gasteiger partial charge in [0, 0.05) is 0 Å². The van der Waals surface area contributed by atoms with Gasteiger partial charge in [-0.15, -0.1) is 0 Å². The van der Waals surface area contributed by atoms with Gasteiger partial charge in [0.1, 0.15) is 13.2 Å². The molecule has 6 nitrogen and oxygen atoms in total. The Morgan fingerprint density at radius 2 is 1.88 bits per heavy atom. The predicted octanol–water partition coefficient (Wildman–Crippen LogP) is -0.375. The minimum absolute atomic E-state index is 0.130. The summed E-state index contributed by atoms with van der Waals surface area (Å²) in [5, 5.41) is 9.01. The fourth-order valence-electron chi connectivity index (χ4n) is 2.41. The van der Waals surface area contributed by atoms with Gasteiger partial charge in [-0.1, -0.05) is 6.42 Å². The highest BCUT2D eigenvalue weighted by molar-refractivity contribution is 5.99. The Hall–Kier alpha value is -1.43. The number of morpholine rings is 1.